The number of carbonyl (C=O) groups is 1. The van der Waals surface area contributed by atoms with Gasteiger partial charge in [0.05, 0.1) is 10.6 Å². The molecule has 0 aliphatic carbocycles. The van der Waals surface area contributed by atoms with Crippen molar-refractivity contribution in [3.8, 4) is 5.75 Å². The van der Waals surface area contributed by atoms with Gasteiger partial charge in [0, 0.05) is 5.02 Å². The SMILES string of the molecule is Cc1ccc(S(=O)(=O)N(C(=O)COc2cc(C)c(Cl)c(C)c2)c2ccccc2)cc1. The van der Waals surface area contributed by atoms with E-state index in [2.05, 4.69) is 0 Å². The lowest BCUT2D eigenvalue weighted by Gasteiger charge is -2.23. The number of halogens is 1. The van der Waals surface area contributed by atoms with Gasteiger partial charge in [-0.05, 0) is 68.3 Å². The molecular formula is C23H22ClNO4S. The van der Waals surface area contributed by atoms with Crippen LogP contribution in [0.4, 0.5) is 5.69 Å². The molecule has 0 aliphatic heterocycles. The van der Waals surface area contributed by atoms with Crippen LogP contribution in [0.3, 0.4) is 0 Å². The highest BCUT2D eigenvalue weighted by Crippen LogP contribution is 2.27. The number of hydrogen-bond acceptors (Lipinski definition) is 4. The summed E-state index contributed by atoms with van der Waals surface area (Å²) in [6, 6.07) is 18.0. The van der Waals surface area contributed by atoms with Gasteiger partial charge in [0.15, 0.2) is 6.61 Å². The lowest BCUT2D eigenvalue weighted by Crippen LogP contribution is -2.40. The second kappa shape index (κ2) is 8.90. The number of nitrogens with zero attached hydrogens (tertiary/aromatic N) is 1. The predicted molar refractivity (Wildman–Crippen MR) is 119 cm³/mol. The number of rotatable bonds is 6. The molecule has 0 aromatic heterocycles. The summed E-state index contributed by atoms with van der Waals surface area (Å²) >= 11 is 6.17. The van der Waals surface area contributed by atoms with Crippen molar-refractivity contribution in [3.05, 3.63) is 88.4 Å². The van der Waals surface area contributed by atoms with Gasteiger partial charge in [0.1, 0.15) is 5.75 Å². The van der Waals surface area contributed by atoms with Crippen molar-refractivity contribution >= 4 is 33.2 Å². The van der Waals surface area contributed by atoms with Crippen LogP contribution in [0, 0.1) is 20.8 Å². The van der Waals surface area contributed by atoms with Gasteiger partial charge >= 0.3 is 0 Å². The van der Waals surface area contributed by atoms with E-state index in [0.29, 0.717) is 10.8 Å². The molecule has 0 spiro atoms. The van der Waals surface area contributed by atoms with Crippen molar-refractivity contribution in [2.45, 2.75) is 25.7 Å². The van der Waals surface area contributed by atoms with Crippen molar-refractivity contribution in [1.29, 1.82) is 0 Å². The molecule has 156 valence electrons. The maximum atomic E-state index is 13.3. The Morgan fingerprint density at radius 3 is 2.07 bits per heavy atom. The number of para-hydroxylation sites is 1. The highest BCUT2D eigenvalue weighted by molar-refractivity contribution is 7.93. The molecule has 0 heterocycles. The van der Waals surface area contributed by atoms with E-state index in [9.17, 15) is 13.2 Å². The van der Waals surface area contributed by atoms with Crippen LogP contribution in [0.25, 0.3) is 0 Å². The summed E-state index contributed by atoms with van der Waals surface area (Å²) in [5.41, 5.74) is 2.79. The van der Waals surface area contributed by atoms with Crippen LogP contribution in [0.5, 0.6) is 5.75 Å². The highest BCUT2D eigenvalue weighted by atomic mass is 35.5. The zero-order valence-electron chi connectivity index (χ0n) is 16.9. The van der Waals surface area contributed by atoms with E-state index in [-0.39, 0.29) is 10.6 Å². The number of amides is 1. The van der Waals surface area contributed by atoms with E-state index in [0.717, 1.165) is 21.0 Å². The van der Waals surface area contributed by atoms with Crippen molar-refractivity contribution < 1.29 is 17.9 Å². The lowest BCUT2D eigenvalue weighted by atomic mass is 10.1. The fraction of sp³-hybridized carbons (Fsp3) is 0.174. The van der Waals surface area contributed by atoms with Gasteiger partial charge in [-0.15, -0.1) is 0 Å². The second-order valence-electron chi connectivity index (χ2n) is 6.97. The third-order valence-electron chi connectivity index (χ3n) is 4.55. The maximum absolute atomic E-state index is 13.3. The molecule has 0 atom stereocenters. The van der Waals surface area contributed by atoms with Crippen molar-refractivity contribution in [3.63, 3.8) is 0 Å². The van der Waals surface area contributed by atoms with Crippen LogP contribution in [0.15, 0.2) is 71.6 Å². The van der Waals surface area contributed by atoms with Crippen molar-refractivity contribution in [2.24, 2.45) is 0 Å². The molecule has 0 unspecified atom stereocenters. The van der Waals surface area contributed by atoms with Gasteiger partial charge in [-0.1, -0.05) is 47.5 Å². The highest BCUT2D eigenvalue weighted by Gasteiger charge is 2.31. The quantitative estimate of drug-likeness (QED) is 0.533. The first-order chi connectivity index (χ1) is 14.2. The zero-order chi connectivity index (χ0) is 21.9. The molecule has 1 amide bonds. The first-order valence-corrected chi connectivity index (χ1v) is 11.1. The molecule has 0 saturated heterocycles. The van der Waals surface area contributed by atoms with Crippen LogP contribution in [0.2, 0.25) is 5.02 Å². The Bertz CT molecular complexity index is 1140. The Labute approximate surface area is 181 Å². The van der Waals surface area contributed by atoms with Gasteiger partial charge < -0.3 is 4.74 Å². The van der Waals surface area contributed by atoms with E-state index in [1.54, 1.807) is 54.6 Å². The average Bonchev–Trinajstić information content (AvgIpc) is 2.71. The van der Waals surface area contributed by atoms with Crippen LogP contribution < -0.4 is 9.04 Å². The number of benzene rings is 3. The van der Waals surface area contributed by atoms with E-state index in [1.807, 2.05) is 20.8 Å². The normalized spacial score (nSPS) is 11.2. The number of anilines is 1. The number of carbonyl (C=O) groups excluding carboxylic acids is 1. The molecule has 5 nitrogen and oxygen atoms in total. The largest absolute Gasteiger partial charge is 0.484 e. The van der Waals surface area contributed by atoms with Gasteiger partial charge in [0.25, 0.3) is 15.9 Å². The molecule has 0 radical (unpaired) electrons. The van der Waals surface area contributed by atoms with Crippen LogP contribution >= 0.6 is 11.6 Å². The van der Waals surface area contributed by atoms with E-state index < -0.39 is 22.5 Å². The lowest BCUT2D eigenvalue weighted by molar-refractivity contribution is -0.119. The minimum atomic E-state index is -4.11. The Morgan fingerprint density at radius 1 is 0.933 bits per heavy atom. The molecule has 0 bridgehead atoms. The Hall–Kier alpha value is -2.83. The van der Waals surface area contributed by atoms with Crippen LogP contribution in [-0.2, 0) is 14.8 Å². The summed E-state index contributed by atoms with van der Waals surface area (Å²) in [6.07, 6.45) is 0. The molecule has 0 fully saturated rings. The maximum Gasteiger partial charge on any atom is 0.278 e. The molecule has 0 saturated carbocycles. The number of hydrogen-bond donors (Lipinski definition) is 0. The summed E-state index contributed by atoms with van der Waals surface area (Å²) in [4.78, 5) is 13.1. The molecule has 7 heteroatoms. The zero-order valence-corrected chi connectivity index (χ0v) is 18.5. The number of sulfonamides is 1. The third-order valence-corrected chi connectivity index (χ3v) is 6.91. The van der Waals surface area contributed by atoms with Gasteiger partial charge in [-0.2, -0.15) is 4.31 Å². The van der Waals surface area contributed by atoms with Crippen LogP contribution in [-0.4, -0.2) is 20.9 Å². The monoisotopic (exact) mass is 443 g/mol. The Morgan fingerprint density at radius 2 is 1.50 bits per heavy atom. The Balaban J connectivity index is 1.93. The standard InChI is InChI=1S/C23H22ClNO4S/c1-16-9-11-21(12-10-16)30(27,28)25(19-7-5-4-6-8-19)22(26)15-29-20-13-17(2)23(24)18(3)14-20/h4-14H,15H2,1-3H3. The van der Waals surface area contributed by atoms with Gasteiger partial charge in [-0.25, -0.2) is 8.42 Å². The minimum Gasteiger partial charge on any atom is -0.484 e. The molecular weight excluding hydrogens is 422 g/mol. The summed E-state index contributed by atoms with van der Waals surface area (Å²) < 4.78 is 33.0. The first kappa shape index (κ1) is 21.9. The molecule has 3 rings (SSSR count). The molecule has 3 aromatic carbocycles. The minimum absolute atomic E-state index is 0.0310. The van der Waals surface area contributed by atoms with Crippen molar-refractivity contribution in [1.82, 2.24) is 0 Å². The Kier molecular flexibility index (Phi) is 6.48. The number of ether oxygens (including phenoxy) is 1. The van der Waals surface area contributed by atoms with Crippen molar-refractivity contribution in [2.75, 3.05) is 10.9 Å². The summed E-state index contributed by atoms with van der Waals surface area (Å²) in [7, 11) is -4.11. The van der Waals surface area contributed by atoms with E-state index in [4.69, 9.17) is 16.3 Å². The van der Waals surface area contributed by atoms with Gasteiger partial charge in [0.2, 0.25) is 0 Å². The van der Waals surface area contributed by atoms with E-state index >= 15 is 0 Å². The number of aryl methyl sites for hydroxylation is 3. The molecule has 0 N–H and O–H groups in total. The first-order valence-electron chi connectivity index (χ1n) is 9.29. The summed E-state index contributed by atoms with van der Waals surface area (Å²) in [6.45, 7) is 5.09. The summed E-state index contributed by atoms with van der Waals surface area (Å²) in [5, 5.41) is 0.626. The summed E-state index contributed by atoms with van der Waals surface area (Å²) in [5.74, 6) is -0.254. The van der Waals surface area contributed by atoms with Crippen LogP contribution in [0.1, 0.15) is 16.7 Å². The molecule has 0 aliphatic rings. The van der Waals surface area contributed by atoms with E-state index in [1.165, 1.54) is 12.1 Å². The predicted octanol–water partition coefficient (Wildman–Crippen LogP) is 5.07. The topological polar surface area (TPSA) is 63.7 Å². The third kappa shape index (κ3) is 4.66. The fourth-order valence-electron chi connectivity index (χ4n) is 2.99. The fourth-order valence-corrected chi connectivity index (χ4v) is 4.51. The molecule has 30 heavy (non-hydrogen) atoms. The smallest absolute Gasteiger partial charge is 0.278 e. The van der Waals surface area contributed by atoms with Gasteiger partial charge in [-0.3, -0.25) is 4.79 Å². The second-order valence-corrected chi connectivity index (χ2v) is 9.14. The molecule has 3 aromatic rings. The average molecular weight is 444 g/mol.